The highest BCUT2D eigenvalue weighted by Gasteiger charge is 2.26. The van der Waals surface area contributed by atoms with Crippen molar-refractivity contribution >= 4 is 21.8 Å². The summed E-state index contributed by atoms with van der Waals surface area (Å²) < 4.78 is 1.01. The molecule has 3 nitrogen and oxygen atoms in total. The minimum Gasteiger partial charge on any atom is -0.396 e. The quantitative estimate of drug-likeness (QED) is 0.897. The van der Waals surface area contributed by atoms with Crippen molar-refractivity contribution in [2.24, 2.45) is 5.92 Å². The van der Waals surface area contributed by atoms with Crippen LogP contribution in [0.15, 0.2) is 22.7 Å². The topological polar surface area (TPSA) is 49.3 Å². The van der Waals surface area contributed by atoms with E-state index in [1.807, 2.05) is 25.1 Å². The van der Waals surface area contributed by atoms with Gasteiger partial charge in [0.1, 0.15) is 0 Å². The molecule has 2 N–H and O–H groups in total. The Morgan fingerprint density at radius 3 is 2.84 bits per heavy atom. The third kappa shape index (κ3) is 3.57. The van der Waals surface area contributed by atoms with E-state index in [0.29, 0.717) is 5.56 Å². The summed E-state index contributed by atoms with van der Waals surface area (Å²) in [5.74, 6) is 0.162. The van der Waals surface area contributed by atoms with Crippen molar-refractivity contribution in [1.29, 1.82) is 0 Å². The van der Waals surface area contributed by atoms with Crippen LogP contribution in [0.4, 0.5) is 0 Å². The van der Waals surface area contributed by atoms with Gasteiger partial charge in [0.2, 0.25) is 0 Å². The SMILES string of the molecule is Cc1cc(C(=O)NC2CCCCC2CO)ccc1Br. The van der Waals surface area contributed by atoms with Gasteiger partial charge in [0.15, 0.2) is 0 Å². The Balaban J connectivity index is 2.05. The van der Waals surface area contributed by atoms with Gasteiger partial charge in [0.05, 0.1) is 0 Å². The van der Waals surface area contributed by atoms with E-state index in [2.05, 4.69) is 21.2 Å². The van der Waals surface area contributed by atoms with Gasteiger partial charge in [-0.05, 0) is 43.5 Å². The highest BCUT2D eigenvalue weighted by atomic mass is 79.9. The van der Waals surface area contributed by atoms with Crippen molar-refractivity contribution in [1.82, 2.24) is 5.32 Å². The van der Waals surface area contributed by atoms with E-state index in [1.165, 1.54) is 0 Å². The van der Waals surface area contributed by atoms with Crippen molar-refractivity contribution in [3.63, 3.8) is 0 Å². The third-order valence-corrected chi connectivity index (χ3v) is 4.77. The van der Waals surface area contributed by atoms with Crippen molar-refractivity contribution in [3.8, 4) is 0 Å². The zero-order chi connectivity index (χ0) is 13.8. The number of aryl methyl sites for hydroxylation is 1. The molecule has 1 aliphatic rings. The Morgan fingerprint density at radius 1 is 1.42 bits per heavy atom. The van der Waals surface area contributed by atoms with Crippen LogP contribution in [-0.2, 0) is 0 Å². The average molecular weight is 326 g/mol. The number of amides is 1. The predicted octanol–water partition coefficient (Wildman–Crippen LogP) is 3.04. The normalized spacial score (nSPS) is 23.1. The summed E-state index contributed by atoms with van der Waals surface area (Å²) in [7, 11) is 0. The molecule has 0 radical (unpaired) electrons. The summed E-state index contributed by atoms with van der Waals surface area (Å²) in [4.78, 5) is 12.2. The lowest BCUT2D eigenvalue weighted by atomic mass is 9.85. The fourth-order valence-corrected chi connectivity index (χ4v) is 2.90. The van der Waals surface area contributed by atoms with E-state index in [1.54, 1.807) is 0 Å². The van der Waals surface area contributed by atoms with Crippen LogP contribution < -0.4 is 5.32 Å². The van der Waals surface area contributed by atoms with Gasteiger partial charge >= 0.3 is 0 Å². The first kappa shape index (κ1) is 14.5. The molecule has 0 heterocycles. The second-order valence-electron chi connectivity index (χ2n) is 5.27. The lowest BCUT2D eigenvalue weighted by Crippen LogP contribution is -2.43. The molecule has 104 valence electrons. The number of hydrogen-bond acceptors (Lipinski definition) is 2. The molecule has 0 aliphatic heterocycles. The number of rotatable bonds is 3. The van der Waals surface area contributed by atoms with Crippen LogP contribution in [0.1, 0.15) is 41.6 Å². The van der Waals surface area contributed by atoms with Gasteiger partial charge in [-0.25, -0.2) is 0 Å². The minimum atomic E-state index is -0.0408. The maximum Gasteiger partial charge on any atom is 0.251 e. The third-order valence-electron chi connectivity index (χ3n) is 3.88. The standard InChI is InChI=1S/C15H20BrNO2/c1-10-8-11(6-7-13(10)16)15(19)17-14-5-3-2-4-12(14)9-18/h6-8,12,14,18H,2-5,9H2,1H3,(H,17,19). The number of nitrogens with one attached hydrogen (secondary N) is 1. The van der Waals surface area contributed by atoms with Gasteiger partial charge in [0, 0.05) is 28.6 Å². The maximum atomic E-state index is 12.2. The molecule has 0 spiro atoms. The van der Waals surface area contributed by atoms with Crippen molar-refractivity contribution < 1.29 is 9.90 Å². The number of carbonyl (C=O) groups excluding carboxylic acids is 1. The molecular formula is C15H20BrNO2. The van der Waals surface area contributed by atoms with Crippen LogP contribution in [0, 0.1) is 12.8 Å². The lowest BCUT2D eigenvalue weighted by molar-refractivity contribution is 0.0872. The monoisotopic (exact) mass is 325 g/mol. The molecular weight excluding hydrogens is 306 g/mol. The molecule has 2 unspecified atom stereocenters. The molecule has 19 heavy (non-hydrogen) atoms. The fourth-order valence-electron chi connectivity index (χ4n) is 2.65. The van der Waals surface area contributed by atoms with Crippen molar-refractivity contribution in [3.05, 3.63) is 33.8 Å². The van der Waals surface area contributed by atoms with E-state index in [0.717, 1.165) is 35.7 Å². The summed E-state index contributed by atoms with van der Waals surface area (Å²) in [5.41, 5.74) is 1.73. The summed E-state index contributed by atoms with van der Waals surface area (Å²) in [5, 5.41) is 12.4. The average Bonchev–Trinajstić information content (AvgIpc) is 2.42. The highest BCUT2D eigenvalue weighted by Crippen LogP contribution is 2.24. The van der Waals surface area contributed by atoms with Crippen LogP contribution in [0.3, 0.4) is 0 Å². The van der Waals surface area contributed by atoms with Crippen LogP contribution >= 0.6 is 15.9 Å². The Morgan fingerprint density at radius 2 is 2.16 bits per heavy atom. The molecule has 0 saturated heterocycles. The van der Waals surface area contributed by atoms with Gasteiger partial charge in [0.25, 0.3) is 5.91 Å². The Hall–Kier alpha value is -0.870. The van der Waals surface area contributed by atoms with Gasteiger partial charge in [-0.2, -0.15) is 0 Å². The second-order valence-corrected chi connectivity index (χ2v) is 6.13. The number of carbonyl (C=O) groups is 1. The summed E-state index contributed by atoms with van der Waals surface area (Å²) in [6, 6.07) is 5.71. The number of aliphatic hydroxyl groups excluding tert-OH is 1. The largest absolute Gasteiger partial charge is 0.396 e. The predicted molar refractivity (Wildman–Crippen MR) is 79.2 cm³/mol. The maximum absolute atomic E-state index is 12.2. The second kappa shape index (κ2) is 6.53. The van der Waals surface area contributed by atoms with E-state index >= 15 is 0 Å². The Kier molecular flexibility index (Phi) is 4.99. The lowest BCUT2D eigenvalue weighted by Gasteiger charge is -2.30. The van der Waals surface area contributed by atoms with Crippen LogP contribution in [0.25, 0.3) is 0 Å². The molecule has 0 bridgehead atoms. The molecule has 1 aliphatic carbocycles. The zero-order valence-electron chi connectivity index (χ0n) is 11.2. The van der Waals surface area contributed by atoms with Gasteiger partial charge in [-0.3, -0.25) is 4.79 Å². The van der Waals surface area contributed by atoms with Crippen molar-refractivity contribution in [2.75, 3.05) is 6.61 Å². The molecule has 1 aromatic carbocycles. The molecule has 1 fully saturated rings. The van der Waals surface area contributed by atoms with Gasteiger partial charge < -0.3 is 10.4 Å². The number of benzene rings is 1. The van der Waals surface area contributed by atoms with E-state index in [-0.39, 0.29) is 24.5 Å². The van der Waals surface area contributed by atoms with Crippen LogP contribution in [0.5, 0.6) is 0 Å². The zero-order valence-corrected chi connectivity index (χ0v) is 12.7. The first-order chi connectivity index (χ1) is 9.11. The highest BCUT2D eigenvalue weighted by molar-refractivity contribution is 9.10. The molecule has 1 aromatic rings. The molecule has 2 atom stereocenters. The van der Waals surface area contributed by atoms with Gasteiger partial charge in [-0.15, -0.1) is 0 Å². The molecule has 2 rings (SSSR count). The van der Waals surface area contributed by atoms with E-state index in [9.17, 15) is 9.90 Å². The molecule has 1 saturated carbocycles. The first-order valence-corrected chi connectivity index (χ1v) is 7.59. The Bertz CT molecular complexity index is 461. The summed E-state index contributed by atoms with van der Waals surface area (Å²) in [6.45, 7) is 2.13. The number of halogens is 1. The summed E-state index contributed by atoms with van der Waals surface area (Å²) >= 11 is 3.43. The van der Waals surface area contributed by atoms with E-state index in [4.69, 9.17) is 0 Å². The fraction of sp³-hybridized carbons (Fsp3) is 0.533. The minimum absolute atomic E-state index is 0.0408. The van der Waals surface area contributed by atoms with Crippen LogP contribution in [0.2, 0.25) is 0 Å². The van der Waals surface area contributed by atoms with Crippen LogP contribution in [-0.4, -0.2) is 23.7 Å². The molecule has 0 aromatic heterocycles. The number of hydrogen-bond donors (Lipinski definition) is 2. The van der Waals surface area contributed by atoms with Crippen molar-refractivity contribution in [2.45, 2.75) is 38.6 Å². The molecule has 1 amide bonds. The van der Waals surface area contributed by atoms with Gasteiger partial charge in [-0.1, -0.05) is 28.8 Å². The number of aliphatic hydroxyl groups is 1. The van der Waals surface area contributed by atoms with E-state index < -0.39 is 0 Å². The Labute approximate surface area is 122 Å². The first-order valence-electron chi connectivity index (χ1n) is 6.79. The molecule has 4 heteroatoms. The summed E-state index contributed by atoms with van der Waals surface area (Å²) in [6.07, 6.45) is 4.24. The smallest absolute Gasteiger partial charge is 0.251 e.